The third kappa shape index (κ3) is 4.37. The number of carboxylic acid groups (broad SMARTS) is 1. The van der Waals surface area contributed by atoms with Gasteiger partial charge >= 0.3 is 12.1 Å². The first kappa shape index (κ1) is 18.9. The summed E-state index contributed by atoms with van der Waals surface area (Å²) in [7, 11) is 0. The number of aromatic nitrogens is 1. The van der Waals surface area contributed by atoms with Crippen molar-refractivity contribution in [2.45, 2.75) is 25.2 Å². The molecule has 7 nitrogen and oxygen atoms in total. The molecule has 0 aromatic carbocycles. The third-order valence-electron chi connectivity index (χ3n) is 3.52. The summed E-state index contributed by atoms with van der Waals surface area (Å²) >= 11 is 1.41. The van der Waals surface area contributed by atoms with Crippen LogP contribution >= 0.6 is 11.3 Å². The fourth-order valence-electron chi connectivity index (χ4n) is 2.28. The molecule has 1 aliphatic heterocycles. The van der Waals surface area contributed by atoms with Crippen LogP contribution in [0, 0.1) is 0 Å². The van der Waals surface area contributed by atoms with E-state index in [1.165, 1.54) is 11.3 Å². The highest BCUT2D eigenvalue weighted by atomic mass is 32.1. The second-order valence-corrected chi connectivity index (χ2v) is 6.15. The fourth-order valence-corrected chi connectivity index (χ4v) is 3.23. The number of nitrogens with two attached hydrogens (primary N) is 1. The quantitative estimate of drug-likeness (QED) is 0.729. The topological polar surface area (TPSA) is 116 Å². The number of nitrogens with one attached hydrogen (secondary N) is 1. The van der Waals surface area contributed by atoms with Crippen molar-refractivity contribution in [2.24, 2.45) is 5.73 Å². The number of hydrogen-bond acceptors (Lipinski definition) is 5. The van der Waals surface area contributed by atoms with E-state index in [1.54, 1.807) is 11.1 Å². The van der Waals surface area contributed by atoms with Crippen molar-refractivity contribution in [2.75, 3.05) is 6.54 Å². The summed E-state index contributed by atoms with van der Waals surface area (Å²) < 4.78 is 32.4. The van der Waals surface area contributed by atoms with Crippen molar-refractivity contribution in [1.82, 2.24) is 9.88 Å². The SMILES string of the molecule is N[C@H]1CCN(Cc2csc3c(=O)[nH]ccc23)C1=O.O=C(O)C(F)(F)F. The van der Waals surface area contributed by atoms with Crippen LogP contribution in [0.3, 0.4) is 0 Å². The average molecular weight is 377 g/mol. The highest BCUT2D eigenvalue weighted by molar-refractivity contribution is 7.17. The smallest absolute Gasteiger partial charge is 0.475 e. The minimum Gasteiger partial charge on any atom is -0.475 e. The van der Waals surface area contributed by atoms with Gasteiger partial charge in [0.15, 0.2) is 0 Å². The Labute approximate surface area is 142 Å². The Balaban J connectivity index is 0.000000277. The van der Waals surface area contributed by atoms with Crippen LogP contribution < -0.4 is 11.3 Å². The molecule has 1 fully saturated rings. The van der Waals surface area contributed by atoms with E-state index in [0.29, 0.717) is 24.2 Å². The van der Waals surface area contributed by atoms with Crippen LogP contribution in [0.4, 0.5) is 13.2 Å². The fraction of sp³-hybridized carbons (Fsp3) is 0.357. The first-order chi connectivity index (χ1) is 11.6. The second-order valence-electron chi connectivity index (χ2n) is 5.27. The number of thiophene rings is 1. The first-order valence-electron chi connectivity index (χ1n) is 7.03. The Morgan fingerprint density at radius 2 is 2.08 bits per heavy atom. The van der Waals surface area contributed by atoms with Crippen molar-refractivity contribution in [3.05, 3.63) is 33.6 Å². The highest BCUT2D eigenvalue weighted by Gasteiger charge is 2.38. The van der Waals surface area contributed by atoms with Gasteiger partial charge in [0.1, 0.15) is 0 Å². The third-order valence-corrected chi connectivity index (χ3v) is 4.57. The Morgan fingerprint density at radius 3 is 2.60 bits per heavy atom. The maximum Gasteiger partial charge on any atom is 0.490 e. The molecule has 0 radical (unpaired) electrons. The van der Waals surface area contributed by atoms with Gasteiger partial charge in [0.05, 0.1) is 10.7 Å². The Kier molecular flexibility index (Phi) is 5.48. The number of hydrogen-bond donors (Lipinski definition) is 3. The molecule has 2 aromatic rings. The van der Waals surface area contributed by atoms with Gasteiger partial charge in [-0.2, -0.15) is 13.2 Å². The summed E-state index contributed by atoms with van der Waals surface area (Å²) in [6, 6.07) is 1.52. The number of carboxylic acids is 1. The molecule has 0 saturated carbocycles. The molecule has 4 N–H and O–H groups in total. The highest BCUT2D eigenvalue weighted by Crippen LogP contribution is 2.25. The van der Waals surface area contributed by atoms with Crippen molar-refractivity contribution >= 4 is 33.3 Å². The number of halogens is 3. The van der Waals surface area contributed by atoms with Crippen LogP contribution in [-0.2, 0) is 16.1 Å². The number of aliphatic carboxylic acids is 1. The number of pyridine rings is 1. The van der Waals surface area contributed by atoms with E-state index in [0.717, 1.165) is 10.9 Å². The Bertz CT molecular complexity index is 846. The number of fused-ring (bicyclic) bond motifs is 1. The molecule has 0 aliphatic carbocycles. The molecule has 0 unspecified atom stereocenters. The Morgan fingerprint density at radius 1 is 1.44 bits per heavy atom. The molecular formula is C14H14F3N3O4S. The number of likely N-dealkylation sites (tertiary alicyclic amines) is 1. The van der Waals surface area contributed by atoms with Crippen LogP contribution in [0.1, 0.15) is 12.0 Å². The molecule has 0 spiro atoms. The summed E-state index contributed by atoms with van der Waals surface area (Å²) in [6.07, 6.45) is -2.74. The second kappa shape index (κ2) is 7.23. The average Bonchev–Trinajstić information content (AvgIpc) is 3.07. The van der Waals surface area contributed by atoms with E-state index in [4.69, 9.17) is 15.6 Å². The first-order valence-corrected chi connectivity index (χ1v) is 7.91. The molecule has 136 valence electrons. The van der Waals surface area contributed by atoms with Gasteiger partial charge in [-0.25, -0.2) is 4.79 Å². The molecule has 0 bridgehead atoms. The Hall–Kier alpha value is -2.40. The summed E-state index contributed by atoms with van der Waals surface area (Å²) in [6.45, 7) is 1.23. The molecule has 2 aromatic heterocycles. The van der Waals surface area contributed by atoms with Crippen LogP contribution in [0.25, 0.3) is 10.1 Å². The van der Waals surface area contributed by atoms with Gasteiger partial charge < -0.3 is 20.7 Å². The van der Waals surface area contributed by atoms with Gasteiger partial charge in [0.2, 0.25) is 5.91 Å². The van der Waals surface area contributed by atoms with E-state index in [-0.39, 0.29) is 17.5 Å². The van der Waals surface area contributed by atoms with Crippen molar-refractivity contribution in [3.63, 3.8) is 0 Å². The number of aromatic amines is 1. The van der Waals surface area contributed by atoms with Crippen LogP contribution in [0.15, 0.2) is 22.4 Å². The number of rotatable bonds is 2. The zero-order valence-corrected chi connectivity index (χ0v) is 13.5. The van der Waals surface area contributed by atoms with E-state index in [9.17, 15) is 22.8 Å². The maximum atomic E-state index is 11.8. The van der Waals surface area contributed by atoms with Gasteiger partial charge in [-0.1, -0.05) is 0 Å². The maximum absolute atomic E-state index is 11.8. The molecular weight excluding hydrogens is 363 g/mol. The summed E-state index contributed by atoms with van der Waals surface area (Å²) in [5, 5.41) is 9.99. The monoisotopic (exact) mass is 377 g/mol. The largest absolute Gasteiger partial charge is 0.490 e. The lowest BCUT2D eigenvalue weighted by molar-refractivity contribution is -0.192. The summed E-state index contributed by atoms with van der Waals surface area (Å²) in [5.74, 6) is -2.76. The van der Waals surface area contributed by atoms with Gasteiger partial charge in [0, 0.05) is 24.7 Å². The van der Waals surface area contributed by atoms with Crippen molar-refractivity contribution in [1.29, 1.82) is 0 Å². The van der Waals surface area contributed by atoms with E-state index in [1.807, 2.05) is 11.4 Å². The summed E-state index contributed by atoms with van der Waals surface area (Å²) in [4.78, 5) is 36.7. The number of amides is 1. The van der Waals surface area contributed by atoms with E-state index >= 15 is 0 Å². The molecule has 1 atom stereocenters. The molecule has 25 heavy (non-hydrogen) atoms. The molecule has 3 heterocycles. The lowest BCUT2D eigenvalue weighted by Gasteiger charge is -2.15. The minimum absolute atomic E-state index is 0.000749. The van der Waals surface area contributed by atoms with Gasteiger partial charge in [0.25, 0.3) is 5.56 Å². The summed E-state index contributed by atoms with van der Waals surface area (Å²) in [5.41, 5.74) is 6.63. The zero-order chi connectivity index (χ0) is 18.8. The number of carbonyl (C=O) groups is 2. The lowest BCUT2D eigenvalue weighted by atomic mass is 10.2. The molecule has 1 aliphatic rings. The van der Waals surface area contributed by atoms with Crippen LogP contribution in [0.5, 0.6) is 0 Å². The van der Waals surface area contributed by atoms with Crippen LogP contribution in [0.2, 0.25) is 0 Å². The van der Waals surface area contributed by atoms with E-state index in [2.05, 4.69) is 4.98 Å². The zero-order valence-electron chi connectivity index (χ0n) is 12.7. The minimum atomic E-state index is -5.08. The van der Waals surface area contributed by atoms with Gasteiger partial charge in [-0.3, -0.25) is 9.59 Å². The van der Waals surface area contributed by atoms with Gasteiger partial charge in [-0.15, -0.1) is 11.3 Å². The predicted molar refractivity (Wildman–Crippen MR) is 84.1 cm³/mol. The molecule has 11 heteroatoms. The molecule has 1 amide bonds. The van der Waals surface area contributed by atoms with Gasteiger partial charge in [-0.05, 0) is 23.4 Å². The van der Waals surface area contributed by atoms with E-state index < -0.39 is 12.1 Å². The standard InChI is InChI=1S/C12H13N3O2S.C2HF3O2/c13-9-2-4-15(12(9)17)5-7-6-18-10-8(7)1-3-14-11(10)16;3-2(4,5)1(6)7/h1,3,6,9H,2,4-5,13H2,(H,14,16);(H,6,7)/t9-;/m0./s1. The normalized spacial score (nSPS) is 17.5. The number of carbonyl (C=O) groups excluding carboxylic acids is 1. The number of nitrogens with zero attached hydrogens (tertiary/aromatic N) is 1. The molecule has 1 saturated heterocycles. The predicted octanol–water partition coefficient (Wildman–Crippen LogP) is 1.28. The number of H-pyrrole nitrogens is 1. The van der Waals surface area contributed by atoms with Crippen molar-refractivity contribution in [3.8, 4) is 0 Å². The van der Waals surface area contributed by atoms with Crippen molar-refractivity contribution < 1.29 is 27.9 Å². The number of alkyl halides is 3. The molecule has 3 rings (SSSR count). The lowest BCUT2D eigenvalue weighted by Crippen LogP contribution is -2.33. The van der Waals surface area contributed by atoms with Crippen LogP contribution in [-0.4, -0.2) is 45.6 Å².